The van der Waals surface area contributed by atoms with E-state index in [1.165, 1.54) is 23.9 Å². The highest BCUT2D eigenvalue weighted by Crippen LogP contribution is 2.30. The van der Waals surface area contributed by atoms with E-state index in [1.54, 1.807) is 0 Å². The molecule has 140 valence electrons. The van der Waals surface area contributed by atoms with Gasteiger partial charge in [-0.25, -0.2) is 9.97 Å². The molecule has 0 saturated heterocycles. The Kier molecular flexibility index (Phi) is 6.84. The molecule has 0 fully saturated rings. The number of hydrogen-bond donors (Lipinski definition) is 1. The maximum Gasteiger partial charge on any atom is 0.416 e. The Labute approximate surface area is 153 Å². The van der Waals surface area contributed by atoms with Crippen molar-refractivity contribution in [1.82, 2.24) is 15.3 Å². The average Bonchev–Trinajstić information content (AvgIpc) is 2.56. The summed E-state index contributed by atoms with van der Waals surface area (Å²) >= 11 is 1.23. The molecule has 26 heavy (non-hydrogen) atoms. The van der Waals surface area contributed by atoms with Crippen molar-refractivity contribution in [3.05, 3.63) is 47.3 Å². The molecule has 0 unspecified atom stereocenters. The summed E-state index contributed by atoms with van der Waals surface area (Å²) < 4.78 is 42.7. The zero-order chi connectivity index (χ0) is 19.2. The van der Waals surface area contributed by atoms with Gasteiger partial charge in [-0.1, -0.05) is 11.8 Å². The number of rotatable bonds is 7. The highest BCUT2D eigenvalue weighted by Gasteiger charge is 2.29. The lowest BCUT2D eigenvalue weighted by Gasteiger charge is -2.10. The van der Waals surface area contributed by atoms with Crippen molar-refractivity contribution >= 4 is 17.7 Å². The summed E-state index contributed by atoms with van der Waals surface area (Å²) in [5, 5.41) is 3.21. The van der Waals surface area contributed by atoms with Gasteiger partial charge < -0.3 is 10.1 Å². The first kappa shape index (κ1) is 20.0. The summed E-state index contributed by atoms with van der Waals surface area (Å²) in [6, 6.07) is 6.25. The molecule has 0 aliphatic rings. The van der Waals surface area contributed by atoms with Gasteiger partial charge >= 0.3 is 6.18 Å². The summed E-state index contributed by atoms with van der Waals surface area (Å²) in [7, 11) is 0. The molecule has 1 aromatic heterocycles. The SMILES string of the molecule is Cc1cc(C)nc(SCC(=O)NCCOc2ccc(C(F)(F)F)cc2)n1. The number of halogens is 3. The number of hydrogen-bond acceptors (Lipinski definition) is 5. The molecule has 0 spiro atoms. The van der Waals surface area contributed by atoms with Crippen molar-refractivity contribution in [2.24, 2.45) is 0 Å². The molecule has 1 heterocycles. The van der Waals surface area contributed by atoms with Crippen LogP contribution < -0.4 is 10.1 Å². The van der Waals surface area contributed by atoms with Gasteiger partial charge in [-0.2, -0.15) is 13.2 Å². The Bertz CT molecular complexity index is 732. The normalized spacial score (nSPS) is 11.3. The fourth-order valence-electron chi connectivity index (χ4n) is 2.04. The van der Waals surface area contributed by atoms with Crippen LogP contribution in [0.5, 0.6) is 5.75 Å². The lowest BCUT2D eigenvalue weighted by Crippen LogP contribution is -2.29. The molecule has 0 radical (unpaired) electrons. The Morgan fingerprint density at radius 2 is 1.77 bits per heavy atom. The number of aryl methyl sites for hydroxylation is 2. The third-order valence-electron chi connectivity index (χ3n) is 3.17. The zero-order valence-corrected chi connectivity index (χ0v) is 15.1. The first-order chi connectivity index (χ1) is 12.2. The van der Waals surface area contributed by atoms with Gasteiger partial charge in [0, 0.05) is 11.4 Å². The standard InChI is InChI=1S/C17H18F3N3O2S/c1-11-9-12(2)23-16(22-11)26-10-15(24)21-7-8-25-14-5-3-13(4-6-14)17(18,19)20/h3-6,9H,7-8,10H2,1-2H3,(H,21,24). The van der Waals surface area contributed by atoms with Crippen LogP contribution >= 0.6 is 11.8 Å². The van der Waals surface area contributed by atoms with E-state index in [9.17, 15) is 18.0 Å². The number of aromatic nitrogens is 2. The van der Waals surface area contributed by atoms with Crippen molar-refractivity contribution in [2.45, 2.75) is 25.2 Å². The molecule has 2 aromatic rings. The summed E-state index contributed by atoms with van der Waals surface area (Å²) in [5.74, 6) is 0.280. The number of nitrogens with one attached hydrogen (secondary N) is 1. The number of nitrogens with zero attached hydrogens (tertiary/aromatic N) is 2. The Hall–Kier alpha value is -2.29. The van der Waals surface area contributed by atoms with E-state index < -0.39 is 11.7 Å². The first-order valence-electron chi connectivity index (χ1n) is 7.76. The molecule has 0 aliphatic carbocycles. The van der Waals surface area contributed by atoms with Crippen LogP contribution in [0.15, 0.2) is 35.5 Å². The van der Waals surface area contributed by atoms with Gasteiger partial charge in [0.25, 0.3) is 0 Å². The average molecular weight is 385 g/mol. The van der Waals surface area contributed by atoms with Gasteiger partial charge in [-0.05, 0) is 44.2 Å². The molecule has 0 atom stereocenters. The lowest BCUT2D eigenvalue weighted by atomic mass is 10.2. The van der Waals surface area contributed by atoms with Crippen molar-refractivity contribution in [1.29, 1.82) is 0 Å². The highest BCUT2D eigenvalue weighted by atomic mass is 32.2. The first-order valence-corrected chi connectivity index (χ1v) is 8.74. The number of ether oxygens (including phenoxy) is 1. The van der Waals surface area contributed by atoms with E-state index in [1.807, 2.05) is 19.9 Å². The summed E-state index contributed by atoms with van der Waals surface area (Å²) in [6.07, 6.45) is -4.37. The lowest BCUT2D eigenvalue weighted by molar-refractivity contribution is -0.137. The quantitative estimate of drug-likeness (QED) is 0.450. The van der Waals surface area contributed by atoms with E-state index in [0.29, 0.717) is 10.9 Å². The third-order valence-corrected chi connectivity index (χ3v) is 4.02. The Morgan fingerprint density at radius 1 is 1.15 bits per heavy atom. The number of benzene rings is 1. The number of carbonyl (C=O) groups is 1. The van der Waals surface area contributed by atoms with Crippen molar-refractivity contribution in [3.8, 4) is 5.75 Å². The zero-order valence-electron chi connectivity index (χ0n) is 14.3. The topological polar surface area (TPSA) is 64.1 Å². The maximum atomic E-state index is 12.5. The second-order valence-corrected chi connectivity index (χ2v) is 6.39. The van der Waals surface area contributed by atoms with E-state index in [0.717, 1.165) is 23.5 Å². The Balaban J connectivity index is 1.68. The largest absolute Gasteiger partial charge is 0.492 e. The smallest absolute Gasteiger partial charge is 0.416 e. The fraction of sp³-hybridized carbons (Fsp3) is 0.353. The van der Waals surface area contributed by atoms with Gasteiger partial charge in [-0.15, -0.1) is 0 Å². The van der Waals surface area contributed by atoms with Crippen LogP contribution in [0.1, 0.15) is 17.0 Å². The van der Waals surface area contributed by atoms with Gasteiger partial charge in [-0.3, -0.25) is 4.79 Å². The van der Waals surface area contributed by atoms with Gasteiger partial charge in [0.2, 0.25) is 5.91 Å². The van der Waals surface area contributed by atoms with Gasteiger partial charge in [0.1, 0.15) is 12.4 Å². The fourth-order valence-corrected chi connectivity index (χ4v) is 2.82. The van der Waals surface area contributed by atoms with E-state index in [4.69, 9.17) is 4.74 Å². The van der Waals surface area contributed by atoms with E-state index >= 15 is 0 Å². The monoisotopic (exact) mass is 385 g/mol. The van der Waals surface area contributed by atoms with Crippen LogP contribution in [0.4, 0.5) is 13.2 Å². The molecular formula is C17H18F3N3O2S. The van der Waals surface area contributed by atoms with Crippen molar-refractivity contribution in [2.75, 3.05) is 18.9 Å². The summed E-state index contributed by atoms with van der Waals surface area (Å²) in [4.78, 5) is 20.3. The minimum Gasteiger partial charge on any atom is -0.492 e. The minimum atomic E-state index is -4.37. The molecule has 0 aliphatic heterocycles. The minimum absolute atomic E-state index is 0.155. The molecule has 0 saturated carbocycles. The van der Waals surface area contributed by atoms with Crippen LogP contribution in [0.25, 0.3) is 0 Å². The van der Waals surface area contributed by atoms with Crippen molar-refractivity contribution < 1.29 is 22.7 Å². The van der Waals surface area contributed by atoms with Gasteiger partial charge in [0.05, 0.1) is 17.9 Å². The molecule has 1 amide bonds. The van der Waals surface area contributed by atoms with E-state index in [-0.39, 0.29) is 24.8 Å². The van der Waals surface area contributed by atoms with Crippen LogP contribution in [0.2, 0.25) is 0 Å². The summed E-state index contributed by atoms with van der Waals surface area (Å²) in [5.41, 5.74) is 0.944. The molecular weight excluding hydrogens is 367 g/mol. The second kappa shape index (κ2) is 8.88. The van der Waals surface area contributed by atoms with E-state index in [2.05, 4.69) is 15.3 Å². The second-order valence-electron chi connectivity index (χ2n) is 5.44. The Morgan fingerprint density at radius 3 is 2.35 bits per heavy atom. The third kappa shape index (κ3) is 6.55. The number of carbonyl (C=O) groups excluding carboxylic acids is 1. The molecule has 1 aromatic carbocycles. The number of thioether (sulfide) groups is 1. The summed E-state index contributed by atoms with van der Waals surface area (Å²) in [6.45, 7) is 4.12. The number of alkyl halides is 3. The predicted octanol–water partition coefficient (Wildman–Crippen LogP) is 3.40. The van der Waals surface area contributed by atoms with Crippen LogP contribution in [0, 0.1) is 13.8 Å². The molecule has 0 bridgehead atoms. The van der Waals surface area contributed by atoms with Crippen LogP contribution in [-0.4, -0.2) is 34.8 Å². The molecule has 9 heteroatoms. The molecule has 2 rings (SSSR count). The maximum absolute atomic E-state index is 12.5. The predicted molar refractivity (Wildman–Crippen MR) is 92.2 cm³/mol. The molecule has 5 nitrogen and oxygen atoms in total. The highest BCUT2D eigenvalue weighted by molar-refractivity contribution is 7.99. The van der Waals surface area contributed by atoms with Crippen molar-refractivity contribution in [3.63, 3.8) is 0 Å². The molecule has 1 N–H and O–H groups in total. The van der Waals surface area contributed by atoms with Crippen LogP contribution in [0.3, 0.4) is 0 Å². The van der Waals surface area contributed by atoms with Gasteiger partial charge in [0.15, 0.2) is 5.16 Å². The van der Waals surface area contributed by atoms with Crippen LogP contribution in [-0.2, 0) is 11.0 Å². The number of amides is 1.